The SMILES string of the molecule is CC(C)(C)C(=O)Oc1cc2c(cc1OC(=O)C(C)(C)C)C(c1ccccc1)CNCC2.Cl. The number of fused-ring (bicyclic) bond motifs is 1. The van der Waals surface area contributed by atoms with Crippen molar-refractivity contribution < 1.29 is 19.1 Å². The standard InChI is InChI=1S/C26H33NO4.ClH/c1-25(2,3)23(28)30-21-14-18-12-13-27-16-20(17-10-8-7-9-11-17)19(18)15-22(21)31-24(29)26(4,5)6;/h7-11,14-15,20,27H,12-13,16H2,1-6H3;1H. The van der Waals surface area contributed by atoms with E-state index >= 15 is 0 Å². The zero-order chi connectivity index (χ0) is 22.8. The largest absolute Gasteiger partial charge is 0.422 e. The van der Waals surface area contributed by atoms with Gasteiger partial charge in [-0.1, -0.05) is 30.3 Å². The Morgan fingerprint density at radius 1 is 0.875 bits per heavy atom. The van der Waals surface area contributed by atoms with Crippen molar-refractivity contribution in [3.8, 4) is 11.5 Å². The number of rotatable bonds is 3. The molecule has 0 radical (unpaired) electrons. The van der Waals surface area contributed by atoms with Gasteiger partial charge in [0.2, 0.25) is 0 Å². The molecule has 0 bridgehead atoms. The van der Waals surface area contributed by atoms with Crippen LogP contribution in [-0.2, 0) is 16.0 Å². The quantitative estimate of drug-likeness (QED) is 0.499. The zero-order valence-electron chi connectivity index (χ0n) is 19.8. The van der Waals surface area contributed by atoms with Crippen LogP contribution < -0.4 is 14.8 Å². The second-order valence-corrected chi connectivity index (χ2v) is 10.2. The first-order valence-electron chi connectivity index (χ1n) is 10.8. The van der Waals surface area contributed by atoms with Gasteiger partial charge in [0.05, 0.1) is 10.8 Å². The summed E-state index contributed by atoms with van der Waals surface area (Å²) < 4.78 is 11.5. The van der Waals surface area contributed by atoms with E-state index in [9.17, 15) is 9.59 Å². The molecule has 0 aromatic heterocycles. The topological polar surface area (TPSA) is 64.6 Å². The Bertz CT molecular complexity index is 958. The first-order valence-corrected chi connectivity index (χ1v) is 10.8. The van der Waals surface area contributed by atoms with Crippen LogP contribution in [0.25, 0.3) is 0 Å². The molecule has 0 aliphatic carbocycles. The molecule has 1 heterocycles. The maximum absolute atomic E-state index is 12.7. The lowest BCUT2D eigenvalue weighted by Crippen LogP contribution is -2.28. The van der Waals surface area contributed by atoms with E-state index < -0.39 is 10.8 Å². The van der Waals surface area contributed by atoms with Gasteiger partial charge in [0.1, 0.15) is 0 Å². The number of hydrogen-bond acceptors (Lipinski definition) is 5. The van der Waals surface area contributed by atoms with Gasteiger partial charge in [0, 0.05) is 12.5 Å². The summed E-state index contributed by atoms with van der Waals surface area (Å²) in [7, 11) is 0. The van der Waals surface area contributed by atoms with Crippen molar-refractivity contribution in [1.82, 2.24) is 5.32 Å². The average molecular weight is 460 g/mol. The van der Waals surface area contributed by atoms with Gasteiger partial charge in [-0.25, -0.2) is 0 Å². The third-order valence-corrected chi connectivity index (χ3v) is 5.33. The predicted molar refractivity (Wildman–Crippen MR) is 129 cm³/mol. The molecular weight excluding hydrogens is 426 g/mol. The molecule has 0 fully saturated rings. The number of carbonyl (C=O) groups excluding carboxylic acids is 2. The molecule has 0 saturated heterocycles. The van der Waals surface area contributed by atoms with Gasteiger partial charge in [0.15, 0.2) is 11.5 Å². The summed E-state index contributed by atoms with van der Waals surface area (Å²) in [5, 5.41) is 3.50. The Morgan fingerprint density at radius 2 is 1.41 bits per heavy atom. The lowest BCUT2D eigenvalue weighted by Gasteiger charge is -2.24. The molecule has 32 heavy (non-hydrogen) atoms. The van der Waals surface area contributed by atoms with E-state index in [-0.39, 0.29) is 30.3 Å². The van der Waals surface area contributed by atoms with Crippen LogP contribution in [0.5, 0.6) is 11.5 Å². The molecular formula is C26H34ClNO4. The molecule has 2 aromatic carbocycles. The third-order valence-electron chi connectivity index (χ3n) is 5.33. The fourth-order valence-corrected chi connectivity index (χ4v) is 3.39. The van der Waals surface area contributed by atoms with Crippen LogP contribution in [0.15, 0.2) is 42.5 Å². The summed E-state index contributed by atoms with van der Waals surface area (Å²) in [6.45, 7) is 12.4. The van der Waals surface area contributed by atoms with E-state index in [1.807, 2.05) is 30.3 Å². The number of carbonyl (C=O) groups is 2. The van der Waals surface area contributed by atoms with Gasteiger partial charge in [-0.2, -0.15) is 0 Å². The maximum Gasteiger partial charge on any atom is 0.316 e. The minimum absolute atomic E-state index is 0. The minimum atomic E-state index is -0.682. The molecule has 1 N–H and O–H groups in total. The van der Waals surface area contributed by atoms with Crippen molar-refractivity contribution >= 4 is 24.3 Å². The number of benzene rings is 2. The maximum atomic E-state index is 12.7. The van der Waals surface area contributed by atoms with E-state index in [2.05, 4.69) is 17.4 Å². The van der Waals surface area contributed by atoms with Crippen LogP contribution in [0, 0.1) is 10.8 Å². The van der Waals surface area contributed by atoms with Gasteiger partial charge < -0.3 is 14.8 Å². The lowest BCUT2D eigenvalue weighted by molar-refractivity contribution is -0.145. The highest BCUT2D eigenvalue weighted by Gasteiger charge is 2.30. The van der Waals surface area contributed by atoms with Crippen LogP contribution in [0.3, 0.4) is 0 Å². The molecule has 174 valence electrons. The minimum Gasteiger partial charge on any atom is -0.422 e. The van der Waals surface area contributed by atoms with Gasteiger partial charge in [0.25, 0.3) is 0 Å². The summed E-state index contributed by atoms with van der Waals surface area (Å²) in [4.78, 5) is 25.3. The highest BCUT2D eigenvalue weighted by Crippen LogP contribution is 2.39. The molecule has 1 aliphatic rings. The molecule has 1 atom stereocenters. The van der Waals surface area contributed by atoms with Crippen LogP contribution in [0.2, 0.25) is 0 Å². The molecule has 3 rings (SSSR count). The Morgan fingerprint density at radius 3 is 1.94 bits per heavy atom. The number of halogens is 1. The molecule has 0 spiro atoms. The number of ether oxygens (including phenoxy) is 2. The van der Waals surface area contributed by atoms with Crippen molar-refractivity contribution in [3.63, 3.8) is 0 Å². The summed E-state index contributed by atoms with van der Waals surface area (Å²) in [5.74, 6) is -0.0439. The van der Waals surface area contributed by atoms with Crippen molar-refractivity contribution in [3.05, 3.63) is 59.2 Å². The van der Waals surface area contributed by atoms with Crippen LogP contribution >= 0.6 is 12.4 Å². The second-order valence-electron chi connectivity index (χ2n) is 10.2. The van der Waals surface area contributed by atoms with Crippen molar-refractivity contribution in [2.45, 2.75) is 53.9 Å². The number of hydrogen-bond donors (Lipinski definition) is 1. The van der Waals surface area contributed by atoms with Gasteiger partial charge >= 0.3 is 11.9 Å². The highest BCUT2D eigenvalue weighted by molar-refractivity contribution is 5.85. The van der Waals surface area contributed by atoms with E-state index in [0.717, 1.165) is 30.6 Å². The highest BCUT2D eigenvalue weighted by atomic mass is 35.5. The lowest BCUT2D eigenvalue weighted by atomic mass is 9.87. The molecule has 5 nitrogen and oxygen atoms in total. The molecule has 1 aliphatic heterocycles. The number of nitrogens with one attached hydrogen (secondary N) is 1. The Kier molecular flexibility index (Phi) is 8.13. The molecule has 6 heteroatoms. The smallest absolute Gasteiger partial charge is 0.316 e. The van der Waals surface area contributed by atoms with E-state index in [0.29, 0.717) is 11.5 Å². The summed E-state index contributed by atoms with van der Waals surface area (Å²) in [6.07, 6.45) is 0.798. The van der Waals surface area contributed by atoms with Gasteiger partial charge in [-0.05, 0) is 83.3 Å². The van der Waals surface area contributed by atoms with Crippen LogP contribution in [0.4, 0.5) is 0 Å². The van der Waals surface area contributed by atoms with E-state index in [1.54, 1.807) is 41.5 Å². The molecule has 1 unspecified atom stereocenters. The van der Waals surface area contributed by atoms with Gasteiger partial charge in [-0.3, -0.25) is 9.59 Å². The molecule has 0 saturated carbocycles. The summed E-state index contributed by atoms with van der Waals surface area (Å²) >= 11 is 0. The summed E-state index contributed by atoms with van der Waals surface area (Å²) in [5.41, 5.74) is 2.00. The predicted octanol–water partition coefficient (Wildman–Crippen LogP) is 5.29. The van der Waals surface area contributed by atoms with E-state index in [4.69, 9.17) is 9.47 Å². The number of esters is 2. The second kappa shape index (κ2) is 10.1. The average Bonchev–Trinajstić information content (AvgIpc) is 2.89. The van der Waals surface area contributed by atoms with Crippen LogP contribution in [0.1, 0.15) is 64.2 Å². The monoisotopic (exact) mass is 459 g/mol. The third kappa shape index (κ3) is 6.11. The normalized spacial score (nSPS) is 16.2. The van der Waals surface area contributed by atoms with Crippen molar-refractivity contribution in [2.75, 3.05) is 13.1 Å². The first kappa shape index (κ1) is 25.9. The fraction of sp³-hybridized carbons (Fsp3) is 0.462. The molecule has 2 aromatic rings. The van der Waals surface area contributed by atoms with Gasteiger partial charge in [-0.15, -0.1) is 12.4 Å². The Hall–Kier alpha value is -2.37. The molecule has 0 amide bonds. The summed E-state index contributed by atoms with van der Waals surface area (Å²) in [6, 6.07) is 14.0. The Labute approximate surface area is 197 Å². The van der Waals surface area contributed by atoms with E-state index in [1.165, 1.54) is 5.56 Å². The van der Waals surface area contributed by atoms with Crippen molar-refractivity contribution in [1.29, 1.82) is 0 Å². The van der Waals surface area contributed by atoms with Crippen molar-refractivity contribution in [2.24, 2.45) is 10.8 Å². The first-order chi connectivity index (χ1) is 14.5. The zero-order valence-corrected chi connectivity index (χ0v) is 20.6. The Balaban J connectivity index is 0.00000363. The van der Waals surface area contributed by atoms with Crippen LogP contribution in [-0.4, -0.2) is 25.0 Å². The fourth-order valence-electron chi connectivity index (χ4n) is 3.39.